The molecule has 8 heteroatoms. The smallest absolute Gasteiger partial charge is 0.273 e. The standard InChI is InChI=1S/C16H12N4O3S/c1-10-12(5-2-6-14(10)20(22)23)15(21)19-16-18-13(9-24-16)11-4-3-7-17-8-11/h2-9H,1H3,(H,18,19,21). The molecular formula is C16H12N4O3S. The fourth-order valence-corrected chi connectivity index (χ4v) is 2.92. The summed E-state index contributed by atoms with van der Waals surface area (Å²) in [6, 6.07) is 8.09. The predicted molar refractivity (Wildman–Crippen MR) is 91.1 cm³/mol. The summed E-state index contributed by atoms with van der Waals surface area (Å²) in [7, 11) is 0. The van der Waals surface area contributed by atoms with Crippen molar-refractivity contribution in [3.8, 4) is 11.3 Å². The lowest BCUT2D eigenvalue weighted by Crippen LogP contribution is -2.14. The van der Waals surface area contributed by atoms with Crippen LogP contribution in [0.3, 0.4) is 0 Å². The number of nitro benzene ring substituents is 1. The van der Waals surface area contributed by atoms with E-state index in [0.29, 0.717) is 16.4 Å². The number of amides is 1. The maximum Gasteiger partial charge on any atom is 0.273 e. The minimum absolute atomic E-state index is 0.0853. The number of nitro groups is 1. The molecule has 0 saturated carbocycles. The van der Waals surface area contributed by atoms with E-state index in [9.17, 15) is 14.9 Å². The largest absolute Gasteiger partial charge is 0.298 e. The van der Waals surface area contributed by atoms with E-state index in [4.69, 9.17) is 0 Å². The van der Waals surface area contributed by atoms with Gasteiger partial charge in [-0.3, -0.25) is 25.2 Å². The van der Waals surface area contributed by atoms with Crippen molar-refractivity contribution in [2.24, 2.45) is 0 Å². The molecule has 0 unspecified atom stereocenters. The SMILES string of the molecule is Cc1c(C(=O)Nc2nc(-c3cccnc3)cs2)cccc1[N+](=O)[O-]. The third-order valence-electron chi connectivity index (χ3n) is 3.43. The number of aromatic nitrogens is 2. The molecule has 0 saturated heterocycles. The first-order valence-electron chi connectivity index (χ1n) is 6.97. The molecule has 0 bridgehead atoms. The zero-order valence-corrected chi connectivity index (χ0v) is 13.4. The zero-order valence-electron chi connectivity index (χ0n) is 12.6. The van der Waals surface area contributed by atoms with Gasteiger partial charge >= 0.3 is 0 Å². The van der Waals surface area contributed by atoms with Gasteiger partial charge in [-0.2, -0.15) is 0 Å². The van der Waals surface area contributed by atoms with Crippen LogP contribution >= 0.6 is 11.3 Å². The van der Waals surface area contributed by atoms with E-state index >= 15 is 0 Å². The molecule has 0 radical (unpaired) electrons. The molecule has 1 amide bonds. The maximum atomic E-state index is 12.4. The summed E-state index contributed by atoms with van der Waals surface area (Å²) in [5.41, 5.74) is 2.05. The molecule has 1 N–H and O–H groups in total. The third kappa shape index (κ3) is 3.13. The van der Waals surface area contributed by atoms with E-state index in [1.165, 1.54) is 23.5 Å². The molecule has 24 heavy (non-hydrogen) atoms. The monoisotopic (exact) mass is 340 g/mol. The molecule has 0 aliphatic rings. The van der Waals surface area contributed by atoms with Crippen molar-refractivity contribution in [2.75, 3.05) is 5.32 Å². The summed E-state index contributed by atoms with van der Waals surface area (Å²) in [4.78, 5) is 31.2. The number of nitrogens with zero attached hydrogens (tertiary/aromatic N) is 3. The number of hydrogen-bond donors (Lipinski definition) is 1. The van der Waals surface area contributed by atoms with E-state index < -0.39 is 10.8 Å². The first kappa shape index (κ1) is 15.8. The molecule has 7 nitrogen and oxygen atoms in total. The van der Waals surface area contributed by atoms with Gasteiger partial charge in [0.15, 0.2) is 5.13 Å². The predicted octanol–water partition coefficient (Wildman–Crippen LogP) is 3.67. The van der Waals surface area contributed by atoms with Gasteiger partial charge in [0.1, 0.15) is 0 Å². The minimum Gasteiger partial charge on any atom is -0.298 e. The van der Waals surface area contributed by atoms with E-state index in [0.717, 1.165) is 5.56 Å². The van der Waals surface area contributed by atoms with Gasteiger partial charge in [0.2, 0.25) is 0 Å². The number of benzene rings is 1. The Morgan fingerprint density at radius 2 is 2.12 bits per heavy atom. The van der Waals surface area contributed by atoms with Crippen molar-refractivity contribution in [1.82, 2.24) is 9.97 Å². The van der Waals surface area contributed by atoms with Gasteiger partial charge in [0.25, 0.3) is 11.6 Å². The van der Waals surface area contributed by atoms with E-state index in [1.54, 1.807) is 31.5 Å². The first-order chi connectivity index (χ1) is 11.6. The lowest BCUT2D eigenvalue weighted by Gasteiger charge is -2.05. The Bertz CT molecular complexity index is 909. The van der Waals surface area contributed by atoms with E-state index in [1.807, 2.05) is 11.4 Å². The fraction of sp³-hybridized carbons (Fsp3) is 0.0625. The Kier molecular flexibility index (Phi) is 4.30. The average molecular weight is 340 g/mol. The number of carbonyl (C=O) groups is 1. The Labute approximate surface area is 141 Å². The average Bonchev–Trinajstić information content (AvgIpc) is 3.04. The maximum absolute atomic E-state index is 12.4. The number of nitrogens with one attached hydrogen (secondary N) is 1. The van der Waals surface area contributed by atoms with Gasteiger partial charge in [0.05, 0.1) is 10.6 Å². The van der Waals surface area contributed by atoms with Gasteiger partial charge in [0, 0.05) is 40.5 Å². The number of carbonyl (C=O) groups excluding carboxylic acids is 1. The second-order valence-corrected chi connectivity index (χ2v) is 5.80. The van der Waals surface area contributed by atoms with Crippen LogP contribution in [0.4, 0.5) is 10.8 Å². The molecule has 0 aliphatic heterocycles. The van der Waals surface area contributed by atoms with Crippen LogP contribution in [-0.2, 0) is 0 Å². The topological polar surface area (TPSA) is 98.0 Å². The summed E-state index contributed by atoms with van der Waals surface area (Å²) < 4.78 is 0. The molecule has 0 fully saturated rings. The molecule has 3 aromatic rings. The summed E-state index contributed by atoms with van der Waals surface area (Å²) in [5.74, 6) is -0.428. The highest BCUT2D eigenvalue weighted by Gasteiger charge is 2.18. The Hall–Kier alpha value is -3.13. The Morgan fingerprint density at radius 3 is 2.83 bits per heavy atom. The molecule has 0 atom stereocenters. The van der Waals surface area contributed by atoms with Crippen LogP contribution in [0.2, 0.25) is 0 Å². The van der Waals surface area contributed by atoms with Gasteiger partial charge in [-0.1, -0.05) is 6.07 Å². The number of thiazole rings is 1. The fourth-order valence-electron chi connectivity index (χ4n) is 2.21. The first-order valence-corrected chi connectivity index (χ1v) is 7.85. The van der Waals surface area contributed by atoms with Gasteiger partial charge in [-0.25, -0.2) is 4.98 Å². The van der Waals surface area contributed by atoms with Crippen LogP contribution in [0.5, 0.6) is 0 Å². The van der Waals surface area contributed by atoms with Crippen molar-refractivity contribution in [3.63, 3.8) is 0 Å². The number of hydrogen-bond acceptors (Lipinski definition) is 6. The summed E-state index contributed by atoms with van der Waals surface area (Å²) >= 11 is 1.28. The van der Waals surface area contributed by atoms with Crippen molar-refractivity contribution >= 4 is 28.1 Å². The van der Waals surface area contributed by atoms with Crippen LogP contribution < -0.4 is 5.32 Å². The third-order valence-corrected chi connectivity index (χ3v) is 4.19. The van der Waals surface area contributed by atoms with Crippen LogP contribution in [0, 0.1) is 17.0 Å². The Balaban J connectivity index is 1.83. The minimum atomic E-state index is -0.504. The highest BCUT2D eigenvalue weighted by Crippen LogP contribution is 2.26. The van der Waals surface area contributed by atoms with Crippen molar-refractivity contribution in [1.29, 1.82) is 0 Å². The summed E-state index contributed by atoms with van der Waals surface area (Å²) in [6.07, 6.45) is 3.36. The van der Waals surface area contributed by atoms with Gasteiger partial charge in [-0.15, -0.1) is 11.3 Å². The zero-order chi connectivity index (χ0) is 17.1. The highest BCUT2D eigenvalue weighted by atomic mass is 32.1. The van der Waals surface area contributed by atoms with Crippen LogP contribution in [0.1, 0.15) is 15.9 Å². The van der Waals surface area contributed by atoms with Crippen LogP contribution in [0.25, 0.3) is 11.3 Å². The van der Waals surface area contributed by atoms with Crippen molar-refractivity contribution in [2.45, 2.75) is 6.92 Å². The molecule has 3 rings (SSSR count). The van der Waals surface area contributed by atoms with Crippen molar-refractivity contribution in [3.05, 3.63) is 69.3 Å². The molecule has 2 heterocycles. The molecule has 0 aliphatic carbocycles. The lowest BCUT2D eigenvalue weighted by molar-refractivity contribution is -0.385. The highest BCUT2D eigenvalue weighted by molar-refractivity contribution is 7.14. The normalized spacial score (nSPS) is 10.4. The van der Waals surface area contributed by atoms with Crippen LogP contribution in [0.15, 0.2) is 48.1 Å². The molecular weight excluding hydrogens is 328 g/mol. The molecule has 120 valence electrons. The molecule has 2 aromatic heterocycles. The lowest BCUT2D eigenvalue weighted by atomic mass is 10.1. The van der Waals surface area contributed by atoms with E-state index in [2.05, 4.69) is 15.3 Å². The second-order valence-electron chi connectivity index (χ2n) is 4.94. The van der Waals surface area contributed by atoms with Crippen LogP contribution in [-0.4, -0.2) is 20.8 Å². The Morgan fingerprint density at radius 1 is 1.29 bits per heavy atom. The summed E-state index contributed by atoms with van der Waals surface area (Å²) in [6.45, 7) is 1.55. The van der Waals surface area contributed by atoms with Gasteiger partial charge in [-0.05, 0) is 25.1 Å². The number of anilines is 1. The van der Waals surface area contributed by atoms with Crippen molar-refractivity contribution < 1.29 is 9.72 Å². The second kappa shape index (κ2) is 6.55. The van der Waals surface area contributed by atoms with E-state index in [-0.39, 0.29) is 11.3 Å². The summed E-state index contributed by atoms with van der Waals surface area (Å²) in [5, 5.41) is 15.9. The molecule has 1 aromatic carbocycles. The quantitative estimate of drug-likeness (QED) is 0.577. The van der Waals surface area contributed by atoms with Gasteiger partial charge < -0.3 is 0 Å². The molecule has 0 spiro atoms. The number of pyridine rings is 1. The number of rotatable bonds is 4.